The van der Waals surface area contributed by atoms with Crippen LogP contribution in [0.2, 0.25) is 0 Å². The second kappa shape index (κ2) is 13.4. The molecule has 0 unspecified atom stereocenters. The van der Waals surface area contributed by atoms with E-state index in [4.69, 9.17) is 9.40 Å². The summed E-state index contributed by atoms with van der Waals surface area (Å²) in [6.45, 7) is 4.89. The summed E-state index contributed by atoms with van der Waals surface area (Å²) in [6.07, 6.45) is 9.32. The van der Waals surface area contributed by atoms with Crippen molar-refractivity contribution in [3.63, 3.8) is 0 Å². The number of amides is 3. The van der Waals surface area contributed by atoms with Crippen LogP contribution in [0.15, 0.2) is 47.2 Å². The highest BCUT2D eigenvalue weighted by Gasteiger charge is 2.41. The molecular weight excluding hydrogens is 540 g/mol. The monoisotopic (exact) mass is 578 g/mol. The fraction of sp³-hybridized carbons (Fsp3) is 0.500. The Kier molecular flexibility index (Phi) is 9.45. The molecule has 41 heavy (non-hydrogen) atoms. The normalized spacial score (nSPS) is 19.1. The van der Waals surface area contributed by atoms with Crippen LogP contribution in [0.4, 0.5) is 5.00 Å². The number of aromatic nitrogens is 2. The van der Waals surface area contributed by atoms with Crippen LogP contribution < -0.4 is 16.0 Å². The lowest BCUT2D eigenvalue weighted by atomic mass is 9.83. The number of anilines is 1. The van der Waals surface area contributed by atoms with E-state index >= 15 is 0 Å². The Morgan fingerprint density at radius 3 is 2.59 bits per heavy atom. The molecule has 1 aliphatic carbocycles. The molecule has 1 saturated heterocycles. The highest BCUT2D eigenvalue weighted by atomic mass is 32.1. The summed E-state index contributed by atoms with van der Waals surface area (Å²) >= 11 is 1.29. The molecule has 218 valence electrons. The standard InChI is InChI=1S/C30H38N6O4S/c1-3-31-19(2)25(37)33-24(21-13-8-5-9-14-21)30(39)36-17-10-15-22(36)26(38)35-28-23(20-11-6-4-7-12-20)34-29(41-28)27-32-16-18-40-27/h4,6-7,11-12,16,18-19,21-22,24,31H,3,5,8-10,13-15,17H2,1-2H3,(H,33,37)(H,35,38)/t19-,22-,24-/m0/s1. The number of hydrogen-bond acceptors (Lipinski definition) is 8. The summed E-state index contributed by atoms with van der Waals surface area (Å²) in [6, 6.07) is 7.94. The van der Waals surface area contributed by atoms with E-state index in [-0.39, 0.29) is 23.6 Å². The number of carbonyl (C=O) groups is 3. The zero-order chi connectivity index (χ0) is 28.8. The first kappa shape index (κ1) is 28.9. The molecule has 11 heteroatoms. The smallest absolute Gasteiger partial charge is 0.255 e. The van der Waals surface area contributed by atoms with Crippen molar-refractivity contribution in [2.45, 2.75) is 76.9 Å². The third kappa shape index (κ3) is 6.68. The summed E-state index contributed by atoms with van der Waals surface area (Å²) in [5, 5.41) is 10.4. The van der Waals surface area contributed by atoms with E-state index in [1.54, 1.807) is 18.0 Å². The number of oxazole rings is 1. The number of thiazole rings is 1. The van der Waals surface area contributed by atoms with Gasteiger partial charge in [-0.15, -0.1) is 0 Å². The van der Waals surface area contributed by atoms with Crippen LogP contribution in [0.25, 0.3) is 22.2 Å². The zero-order valence-corrected chi connectivity index (χ0v) is 24.4. The summed E-state index contributed by atoms with van der Waals surface area (Å²) in [4.78, 5) is 51.4. The summed E-state index contributed by atoms with van der Waals surface area (Å²) in [5.74, 6) is -0.173. The Bertz CT molecular complexity index is 1320. The minimum absolute atomic E-state index is 0.0628. The van der Waals surface area contributed by atoms with Gasteiger partial charge in [-0.05, 0) is 45.1 Å². The van der Waals surface area contributed by atoms with E-state index in [9.17, 15) is 14.4 Å². The van der Waals surface area contributed by atoms with Gasteiger partial charge in [0.1, 0.15) is 29.0 Å². The number of nitrogens with zero attached hydrogens (tertiary/aromatic N) is 3. The molecule has 0 bridgehead atoms. The van der Waals surface area contributed by atoms with Gasteiger partial charge in [0, 0.05) is 12.1 Å². The van der Waals surface area contributed by atoms with Crippen LogP contribution in [0, 0.1) is 5.92 Å². The van der Waals surface area contributed by atoms with Crippen LogP contribution in [0.3, 0.4) is 0 Å². The lowest BCUT2D eigenvalue weighted by molar-refractivity contribution is -0.142. The van der Waals surface area contributed by atoms with Crippen molar-refractivity contribution in [1.29, 1.82) is 0 Å². The van der Waals surface area contributed by atoms with Gasteiger partial charge in [0.15, 0.2) is 5.01 Å². The van der Waals surface area contributed by atoms with Gasteiger partial charge in [-0.2, -0.15) is 0 Å². The van der Waals surface area contributed by atoms with E-state index in [0.717, 1.165) is 44.1 Å². The summed E-state index contributed by atoms with van der Waals surface area (Å²) in [5.41, 5.74) is 1.48. The van der Waals surface area contributed by atoms with E-state index in [0.29, 0.717) is 41.1 Å². The largest absolute Gasteiger partial charge is 0.443 e. The van der Waals surface area contributed by atoms with Gasteiger partial charge in [0.05, 0.1) is 12.2 Å². The highest BCUT2D eigenvalue weighted by molar-refractivity contribution is 7.19. The molecule has 3 amide bonds. The molecule has 1 aliphatic heterocycles. The Labute approximate surface area is 244 Å². The van der Waals surface area contributed by atoms with Gasteiger partial charge in [-0.25, -0.2) is 9.97 Å². The highest BCUT2D eigenvalue weighted by Crippen LogP contribution is 2.38. The second-order valence-corrected chi connectivity index (χ2v) is 11.7. The minimum Gasteiger partial charge on any atom is -0.443 e. The number of nitrogens with one attached hydrogen (secondary N) is 3. The van der Waals surface area contributed by atoms with Crippen molar-refractivity contribution < 1.29 is 18.8 Å². The molecule has 10 nitrogen and oxygen atoms in total. The Hall–Kier alpha value is -3.57. The summed E-state index contributed by atoms with van der Waals surface area (Å²) < 4.78 is 5.46. The van der Waals surface area contributed by atoms with Crippen LogP contribution in [-0.4, -0.2) is 63.8 Å². The molecule has 0 radical (unpaired) electrons. The van der Waals surface area contributed by atoms with Crippen LogP contribution in [0.5, 0.6) is 0 Å². The fourth-order valence-corrected chi connectivity index (χ4v) is 6.75. The molecular formula is C30H38N6O4S. The molecule has 3 atom stereocenters. The average Bonchev–Trinajstić information content (AvgIpc) is 3.78. The molecule has 3 heterocycles. The maximum absolute atomic E-state index is 14.1. The van der Waals surface area contributed by atoms with Gasteiger partial charge in [0.2, 0.25) is 17.7 Å². The first-order valence-corrected chi connectivity index (χ1v) is 15.4. The van der Waals surface area contributed by atoms with Crippen molar-refractivity contribution in [2.24, 2.45) is 5.92 Å². The van der Waals surface area contributed by atoms with Crippen molar-refractivity contribution in [1.82, 2.24) is 25.5 Å². The lowest BCUT2D eigenvalue weighted by Gasteiger charge is -2.35. The quantitative estimate of drug-likeness (QED) is 0.324. The van der Waals surface area contributed by atoms with Crippen LogP contribution >= 0.6 is 11.3 Å². The number of rotatable bonds is 10. The molecule has 3 N–H and O–H groups in total. The number of carbonyl (C=O) groups excluding carboxylic acids is 3. The maximum Gasteiger partial charge on any atom is 0.255 e. The predicted octanol–water partition coefficient (Wildman–Crippen LogP) is 4.46. The van der Waals surface area contributed by atoms with Gasteiger partial charge in [-0.1, -0.05) is 67.9 Å². The molecule has 2 aliphatic rings. The maximum atomic E-state index is 14.1. The van der Waals surface area contributed by atoms with E-state index in [1.807, 2.05) is 37.3 Å². The van der Waals surface area contributed by atoms with Gasteiger partial charge < -0.3 is 25.3 Å². The number of hydrogen-bond donors (Lipinski definition) is 3. The fourth-order valence-electron chi connectivity index (χ4n) is 5.82. The zero-order valence-electron chi connectivity index (χ0n) is 23.6. The lowest BCUT2D eigenvalue weighted by Crippen LogP contribution is -2.57. The molecule has 1 saturated carbocycles. The minimum atomic E-state index is -0.641. The number of likely N-dealkylation sites (tertiary alicyclic amines) is 1. The van der Waals surface area contributed by atoms with E-state index < -0.39 is 18.1 Å². The van der Waals surface area contributed by atoms with Gasteiger partial charge in [0.25, 0.3) is 5.89 Å². The first-order chi connectivity index (χ1) is 20.0. The first-order valence-electron chi connectivity index (χ1n) is 14.6. The SMILES string of the molecule is CCN[C@@H](C)C(=O)N[C@H](C(=O)N1CCC[C@H]1C(=O)Nc1sc(-c2ncco2)nc1-c1ccccc1)C1CCCCC1. The summed E-state index contributed by atoms with van der Waals surface area (Å²) in [7, 11) is 0. The van der Waals surface area contributed by atoms with Crippen LogP contribution in [0.1, 0.15) is 58.8 Å². The number of likely N-dealkylation sites (N-methyl/N-ethyl adjacent to an activating group) is 1. The average molecular weight is 579 g/mol. The number of benzene rings is 1. The second-order valence-electron chi connectivity index (χ2n) is 10.7. The molecule has 3 aromatic rings. The Morgan fingerprint density at radius 2 is 1.88 bits per heavy atom. The Balaban J connectivity index is 1.37. The molecule has 5 rings (SSSR count). The molecule has 2 fully saturated rings. The predicted molar refractivity (Wildman–Crippen MR) is 158 cm³/mol. The molecule has 0 spiro atoms. The van der Waals surface area contributed by atoms with E-state index in [2.05, 4.69) is 20.9 Å². The van der Waals surface area contributed by atoms with Crippen molar-refractivity contribution in [3.05, 3.63) is 42.8 Å². The third-order valence-corrected chi connectivity index (χ3v) is 8.91. The van der Waals surface area contributed by atoms with Crippen molar-refractivity contribution in [3.8, 4) is 22.2 Å². The molecule has 2 aromatic heterocycles. The van der Waals surface area contributed by atoms with E-state index in [1.165, 1.54) is 17.6 Å². The molecule has 1 aromatic carbocycles. The van der Waals surface area contributed by atoms with Gasteiger partial charge in [-0.3, -0.25) is 14.4 Å². The van der Waals surface area contributed by atoms with Crippen molar-refractivity contribution in [2.75, 3.05) is 18.4 Å². The van der Waals surface area contributed by atoms with Crippen LogP contribution in [-0.2, 0) is 14.4 Å². The van der Waals surface area contributed by atoms with Gasteiger partial charge >= 0.3 is 0 Å². The third-order valence-electron chi connectivity index (χ3n) is 7.95. The topological polar surface area (TPSA) is 129 Å². The Morgan fingerprint density at radius 1 is 1.10 bits per heavy atom. The van der Waals surface area contributed by atoms with Crippen molar-refractivity contribution >= 4 is 34.1 Å².